The van der Waals surface area contributed by atoms with Gasteiger partial charge in [0, 0.05) is 18.5 Å². The van der Waals surface area contributed by atoms with Crippen molar-refractivity contribution in [1.29, 1.82) is 0 Å². The Morgan fingerprint density at radius 2 is 1.76 bits per heavy atom. The third-order valence-corrected chi connectivity index (χ3v) is 3.17. The molecule has 4 nitrogen and oxygen atoms in total. The van der Waals surface area contributed by atoms with E-state index >= 15 is 0 Å². The molecule has 0 fully saturated rings. The molecule has 120 valence electrons. The molecule has 4 heteroatoms. The Hall–Kier alpha value is -1.16. The van der Waals surface area contributed by atoms with Gasteiger partial charge in [0.15, 0.2) is 5.75 Å². The number of aromatic nitrogens is 2. The Morgan fingerprint density at radius 3 is 2.29 bits per heavy atom. The zero-order valence-corrected chi connectivity index (χ0v) is 14.6. The van der Waals surface area contributed by atoms with E-state index in [2.05, 4.69) is 63.8 Å². The second-order valence-electron chi connectivity index (χ2n) is 6.79. The Labute approximate surface area is 129 Å². The van der Waals surface area contributed by atoms with E-state index in [0.29, 0.717) is 24.4 Å². The average molecular weight is 293 g/mol. The van der Waals surface area contributed by atoms with Crippen molar-refractivity contribution in [1.82, 2.24) is 15.3 Å². The molecule has 0 radical (unpaired) electrons. The molecule has 0 bridgehead atoms. The van der Waals surface area contributed by atoms with Gasteiger partial charge in [-0.3, -0.25) is 0 Å². The first-order chi connectivity index (χ1) is 9.79. The molecule has 0 aliphatic heterocycles. The van der Waals surface area contributed by atoms with Crippen molar-refractivity contribution < 1.29 is 4.74 Å². The molecular formula is C17H31N3O. The van der Waals surface area contributed by atoms with Crippen LogP contribution >= 0.6 is 0 Å². The fraction of sp³-hybridized carbons (Fsp3) is 0.765. The maximum absolute atomic E-state index is 6.06. The highest BCUT2D eigenvalue weighted by atomic mass is 16.5. The summed E-state index contributed by atoms with van der Waals surface area (Å²) in [7, 11) is 0. The van der Waals surface area contributed by atoms with Crippen molar-refractivity contribution in [2.45, 2.75) is 79.5 Å². The van der Waals surface area contributed by atoms with Crippen LogP contribution in [0.25, 0.3) is 0 Å². The molecule has 0 spiro atoms. The van der Waals surface area contributed by atoms with E-state index in [9.17, 15) is 0 Å². The zero-order chi connectivity index (χ0) is 16.0. The van der Waals surface area contributed by atoms with E-state index in [0.717, 1.165) is 23.7 Å². The lowest BCUT2D eigenvalue weighted by Gasteiger charge is -2.19. The predicted octanol–water partition coefficient (Wildman–Crippen LogP) is 3.91. The first-order valence-electron chi connectivity index (χ1n) is 8.05. The highest BCUT2D eigenvalue weighted by Gasteiger charge is 2.14. The van der Waals surface area contributed by atoms with E-state index in [1.807, 2.05) is 6.20 Å². The molecular weight excluding hydrogens is 262 g/mol. The second kappa shape index (κ2) is 8.32. The van der Waals surface area contributed by atoms with Crippen molar-refractivity contribution in [2.24, 2.45) is 5.92 Å². The van der Waals surface area contributed by atoms with E-state index in [-0.39, 0.29) is 6.10 Å². The number of nitrogens with zero attached hydrogens (tertiary/aromatic N) is 2. The van der Waals surface area contributed by atoms with Crippen LogP contribution in [0.3, 0.4) is 0 Å². The number of hydrogen-bond donors (Lipinski definition) is 1. The maximum Gasteiger partial charge on any atom is 0.160 e. The molecule has 21 heavy (non-hydrogen) atoms. The van der Waals surface area contributed by atoms with Gasteiger partial charge in [0.25, 0.3) is 0 Å². The monoisotopic (exact) mass is 293 g/mol. The number of ether oxygens (including phenoxy) is 1. The summed E-state index contributed by atoms with van der Waals surface area (Å²) in [6, 6.07) is 0.420. The van der Waals surface area contributed by atoms with Gasteiger partial charge < -0.3 is 10.1 Å². The van der Waals surface area contributed by atoms with Crippen molar-refractivity contribution >= 4 is 0 Å². The molecule has 1 rings (SSSR count). The Kier molecular flexibility index (Phi) is 7.09. The Balaban J connectivity index is 2.89. The van der Waals surface area contributed by atoms with Crippen LogP contribution in [-0.4, -0.2) is 22.1 Å². The molecule has 0 aliphatic carbocycles. The van der Waals surface area contributed by atoms with Gasteiger partial charge in [-0.2, -0.15) is 0 Å². The molecule has 1 aromatic heterocycles. The van der Waals surface area contributed by atoms with E-state index < -0.39 is 0 Å². The minimum Gasteiger partial charge on any atom is -0.487 e. The third kappa shape index (κ3) is 6.42. The maximum atomic E-state index is 6.06. The fourth-order valence-corrected chi connectivity index (χ4v) is 2.15. The molecule has 1 N–H and O–H groups in total. The minimum atomic E-state index is 0.177. The standard InChI is InChI=1S/C17H31N3O/c1-11(2)8-14(7)21-16-10-19-17(12(3)4)20-15(16)9-18-13(5)6/h10-14,18H,8-9H2,1-7H3. The molecule has 0 aromatic carbocycles. The Morgan fingerprint density at radius 1 is 1.10 bits per heavy atom. The van der Waals surface area contributed by atoms with Gasteiger partial charge in [0.1, 0.15) is 5.82 Å². The summed E-state index contributed by atoms with van der Waals surface area (Å²) in [6.45, 7) is 15.7. The normalized spacial score (nSPS) is 13.2. The smallest absolute Gasteiger partial charge is 0.160 e. The average Bonchev–Trinajstić information content (AvgIpc) is 2.36. The minimum absolute atomic E-state index is 0.177. The summed E-state index contributed by atoms with van der Waals surface area (Å²) in [5.41, 5.74) is 0.956. The first-order valence-corrected chi connectivity index (χ1v) is 8.05. The molecule has 1 unspecified atom stereocenters. The molecule has 1 atom stereocenters. The van der Waals surface area contributed by atoms with Crippen molar-refractivity contribution in [3.05, 3.63) is 17.7 Å². The number of rotatable bonds is 8. The van der Waals surface area contributed by atoms with Crippen molar-refractivity contribution in [3.63, 3.8) is 0 Å². The van der Waals surface area contributed by atoms with Crippen LogP contribution in [0.2, 0.25) is 0 Å². The van der Waals surface area contributed by atoms with Crippen molar-refractivity contribution in [3.8, 4) is 5.75 Å². The van der Waals surface area contributed by atoms with Gasteiger partial charge in [0.2, 0.25) is 0 Å². The van der Waals surface area contributed by atoms with E-state index in [1.165, 1.54) is 0 Å². The van der Waals surface area contributed by atoms with Crippen molar-refractivity contribution in [2.75, 3.05) is 0 Å². The number of nitrogens with one attached hydrogen (secondary N) is 1. The lowest BCUT2D eigenvalue weighted by atomic mass is 10.1. The first kappa shape index (κ1) is 17.9. The Bertz CT molecular complexity index is 430. The summed E-state index contributed by atoms with van der Waals surface area (Å²) in [6.07, 6.45) is 3.04. The summed E-state index contributed by atoms with van der Waals surface area (Å²) >= 11 is 0. The van der Waals surface area contributed by atoms with E-state index in [1.54, 1.807) is 0 Å². The topological polar surface area (TPSA) is 47.0 Å². The van der Waals surface area contributed by atoms with Gasteiger partial charge in [-0.05, 0) is 19.3 Å². The summed E-state index contributed by atoms with van der Waals surface area (Å²) in [5, 5.41) is 3.41. The highest BCUT2D eigenvalue weighted by molar-refractivity contribution is 5.25. The highest BCUT2D eigenvalue weighted by Crippen LogP contribution is 2.21. The lowest BCUT2D eigenvalue weighted by Crippen LogP contribution is -2.24. The second-order valence-corrected chi connectivity index (χ2v) is 6.79. The number of hydrogen-bond acceptors (Lipinski definition) is 4. The fourth-order valence-electron chi connectivity index (χ4n) is 2.15. The molecule has 1 heterocycles. The molecule has 1 aromatic rings. The summed E-state index contributed by atoms with van der Waals surface area (Å²) < 4.78 is 6.06. The van der Waals surface area contributed by atoms with Crippen LogP contribution in [0.5, 0.6) is 5.75 Å². The summed E-state index contributed by atoms with van der Waals surface area (Å²) in [5.74, 6) is 2.62. The largest absolute Gasteiger partial charge is 0.487 e. The molecule has 0 aliphatic rings. The molecule has 0 saturated carbocycles. The zero-order valence-electron chi connectivity index (χ0n) is 14.6. The van der Waals surface area contributed by atoms with Crippen LogP contribution in [0.1, 0.15) is 72.3 Å². The van der Waals surface area contributed by atoms with Crippen LogP contribution in [0.15, 0.2) is 6.20 Å². The van der Waals surface area contributed by atoms with Crippen LogP contribution in [-0.2, 0) is 6.54 Å². The van der Waals surface area contributed by atoms with Gasteiger partial charge in [-0.1, -0.05) is 41.5 Å². The molecule has 0 amide bonds. The quantitative estimate of drug-likeness (QED) is 0.789. The predicted molar refractivity (Wildman–Crippen MR) is 87.6 cm³/mol. The SMILES string of the molecule is CC(C)CC(C)Oc1cnc(C(C)C)nc1CNC(C)C. The van der Waals surface area contributed by atoms with Crippen LogP contribution < -0.4 is 10.1 Å². The van der Waals surface area contributed by atoms with E-state index in [4.69, 9.17) is 4.74 Å². The van der Waals surface area contributed by atoms with Gasteiger partial charge in [0.05, 0.1) is 18.0 Å². The summed E-state index contributed by atoms with van der Waals surface area (Å²) in [4.78, 5) is 9.11. The van der Waals surface area contributed by atoms with Gasteiger partial charge in [-0.15, -0.1) is 0 Å². The van der Waals surface area contributed by atoms with Crippen LogP contribution in [0, 0.1) is 5.92 Å². The van der Waals surface area contributed by atoms with Gasteiger partial charge in [-0.25, -0.2) is 9.97 Å². The van der Waals surface area contributed by atoms with Gasteiger partial charge >= 0.3 is 0 Å². The third-order valence-electron chi connectivity index (χ3n) is 3.17. The van der Waals surface area contributed by atoms with Crippen LogP contribution in [0.4, 0.5) is 0 Å². The molecule has 0 saturated heterocycles. The lowest BCUT2D eigenvalue weighted by molar-refractivity contribution is 0.189.